The fourth-order valence-corrected chi connectivity index (χ4v) is 4.02. The number of para-hydroxylation sites is 1. The van der Waals surface area contributed by atoms with Crippen LogP contribution in [0.3, 0.4) is 0 Å². The number of hydrogen-bond donors (Lipinski definition) is 2. The Kier molecular flexibility index (Phi) is 8.51. The van der Waals surface area contributed by atoms with Gasteiger partial charge in [0.15, 0.2) is 5.96 Å². The minimum atomic E-state index is 0.224. The van der Waals surface area contributed by atoms with Crippen LogP contribution in [0.5, 0.6) is 5.75 Å². The van der Waals surface area contributed by atoms with Crippen LogP contribution in [-0.2, 0) is 6.42 Å². The van der Waals surface area contributed by atoms with Crippen LogP contribution in [0.4, 0.5) is 0 Å². The van der Waals surface area contributed by atoms with Gasteiger partial charge in [-0.15, -0.1) is 0 Å². The average Bonchev–Trinajstić information content (AvgIpc) is 3.30. The molecule has 1 fully saturated rings. The number of methoxy groups -OCH3 is 1. The van der Waals surface area contributed by atoms with Crippen LogP contribution in [0, 0.1) is 6.92 Å². The zero-order valence-electron chi connectivity index (χ0n) is 18.5. The van der Waals surface area contributed by atoms with E-state index in [0.29, 0.717) is 6.54 Å². The van der Waals surface area contributed by atoms with Crippen molar-refractivity contribution in [2.24, 2.45) is 4.99 Å². The van der Waals surface area contributed by atoms with Gasteiger partial charge in [0.25, 0.3) is 0 Å². The average molecular weight is 410 g/mol. The van der Waals surface area contributed by atoms with Gasteiger partial charge in [0.1, 0.15) is 5.75 Å². The molecule has 0 spiro atoms. The molecule has 6 nitrogen and oxygen atoms in total. The van der Waals surface area contributed by atoms with E-state index in [4.69, 9.17) is 9.73 Å². The number of nitrogens with zero attached hydrogens (tertiary/aromatic N) is 3. The topological polar surface area (TPSA) is 61.8 Å². The zero-order chi connectivity index (χ0) is 21.2. The second-order valence-corrected chi connectivity index (χ2v) is 7.70. The predicted octanol–water partition coefficient (Wildman–Crippen LogP) is 3.33. The number of rotatable bonds is 9. The Labute approximate surface area is 180 Å². The lowest BCUT2D eigenvalue weighted by Crippen LogP contribution is -2.39. The summed E-state index contributed by atoms with van der Waals surface area (Å²) in [4.78, 5) is 11.7. The standard InChI is InChI=1S/C24H35N5O/c1-4-26-24(27-14-12-20-11-13-25-17-19(20)2)28-18-22(29-15-7-8-16-29)21-9-5-6-10-23(21)30-3/h5-6,9-11,13,17,22H,4,7-8,12,14-16,18H2,1-3H3,(H2,26,27,28). The molecular formula is C24H35N5O. The monoisotopic (exact) mass is 409 g/mol. The molecule has 1 aliphatic rings. The van der Waals surface area contributed by atoms with Crippen molar-refractivity contribution in [1.29, 1.82) is 0 Å². The Hall–Kier alpha value is -2.60. The van der Waals surface area contributed by atoms with E-state index >= 15 is 0 Å². The SMILES string of the molecule is CCNC(=NCC(c1ccccc1OC)N1CCCC1)NCCc1ccncc1C. The molecule has 1 saturated heterocycles. The van der Waals surface area contributed by atoms with E-state index in [0.717, 1.165) is 44.3 Å². The molecule has 6 heteroatoms. The molecule has 162 valence electrons. The number of aromatic nitrogens is 1. The Morgan fingerprint density at radius 3 is 2.73 bits per heavy atom. The van der Waals surface area contributed by atoms with Gasteiger partial charge in [0.2, 0.25) is 0 Å². The zero-order valence-corrected chi connectivity index (χ0v) is 18.5. The van der Waals surface area contributed by atoms with E-state index in [1.54, 1.807) is 7.11 Å². The minimum Gasteiger partial charge on any atom is -0.496 e. The van der Waals surface area contributed by atoms with Crippen LogP contribution in [0.15, 0.2) is 47.7 Å². The normalized spacial score (nSPS) is 15.8. The second kappa shape index (κ2) is 11.6. The number of ether oxygens (including phenoxy) is 1. The number of pyridine rings is 1. The number of aryl methyl sites for hydroxylation is 1. The van der Waals surface area contributed by atoms with Crippen LogP contribution < -0.4 is 15.4 Å². The fourth-order valence-electron chi connectivity index (χ4n) is 4.02. The highest BCUT2D eigenvalue weighted by Gasteiger charge is 2.25. The molecule has 1 aliphatic heterocycles. The third-order valence-corrected chi connectivity index (χ3v) is 5.67. The molecule has 0 amide bonds. The maximum absolute atomic E-state index is 5.65. The second-order valence-electron chi connectivity index (χ2n) is 7.70. The van der Waals surface area contributed by atoms with Gasteiger partial charge >= 0.3 is 0 Å². The summed E-state index contributed by atoms with van der Waals surface area (Å²) in [7, 11) is 1.75. The van der Waals surface area contributed by atoms with Gasteiger partial charge in [-0.25, -0.2) is 0 Å². The predicted molar refractivity (Wildman–Crippen MR) is 123 cm³/mol. The first-order valence-electron chi connectivity index (χ1n) is 11.0. The van der Waals surface area contributed by atoms with Crippen LogP contribution in [-0.4, -0.2) is 55.7 Å². The van der Waals surface area contributed by atoms with Crippen molar-refractivity contribution in [3.63, 3.8) is 0 Å². The Balaban J connectivity index is 1.69. The van der Waals surface area contributed by atoms with E-state index in [1.807, 2.05) is 24.5 Å². The molecule has 0 radical (unpaired) electrons. The molecule has 3 rings (SSSR count). The summed E-state index contributed by atoms with van der Waals surface area (Å²) in [6, 6.07) is 10.6. The van der Waals surface area contributed by atoms with Gasteiger partial charge in [-0.2, -0.15) is 0 Å². The molecule has 0 saturated carbocycles. The van der Waals surface area contributed by atoms with E-state index in [1.165, 1.54) is 29.5 Å². The highest BCUT2D eigenvalue weighted by Crippen LogP contribution is 2.31. The van der Waals surface area contributed by atoms with Crippen molar-refractivity contribution in [3.05, 3.63) is 59.4 Å². The summed E-state index contributed by atoms with van der Waals surface area (Å²) in [5, 5.41) is 6.88. The molecule has 1 aromatic heterocycles. The van der Waals surface area contributed by atoms with Crippen LogP contribution in [0.25, 0.3) is 0 Å². The molecule has 2 heterocycles. The Morgan fingerprint density at radius 2 is 2.00 bits per heavy atom. The summed E-state index contributed by atoms with van der Waals surface area (Å²) >= 11 is 0. The maximum Gasteiger partial charge on any atom is 0.191 e. The lowest BCUT2D eigenvalue weighted by molar-refractivity contribution is 0.245. The Morgan fingerprint density at radius 1 is 1.20 bits per heavy atom. The quantitative estimate of drug-likeness (QED) is 0.491. The first kappa shape index (κ1) is 22.1. The molecule has 0 bridgehead atoms. The number of nitrogens with one attached hydrogen (secondary N) is 2. The van der Waals surface area contributed by atoms with Crippen molar-refractivity contribution in [2.75, 3.05) is 39.8 Å². The van der Waals surface area contributed by atoms with E-state index in [2.05, 4.69) is 52.6 Å². The highest BCUT2D eigenvalue weighted by molar-refractivity contribution is 5.79. The van der Waals surface area contributed by atoms with Gasteiger partial charge in [-0.3, -0.25) is 14.9 Å². The summed E-state index contributed by atoms with van der Waals surface area (Å²) in [6.07, 6.45) is 7.22. The summed E-state index contributed by atoms with van der Waals surface area (Å²) in [5.74, 6) is 1.80. The third-order valence-electron chi connectivity index (χ3n) is 5.67. The summed E-state index contributed by atoms with van der Waals surface area (Å²) in [5.41, 5.74) is 3.76. The fraction of sp³-hybridized carbons (Fsp3) is 0.500. The van der Waals surface area contributed by atoms with Crippen LogP contribution >= 0.6 is 0 Å². The van der Waals surface area contributed by atoms with Crippen molar-refractivity contribution < 1.29 is 4.74 Å². The van der Waals surface area contributed by atoms with Crippen molar-refractivity contribution in [3.8, 4) is 5.75 Å². The first-order chi connectivity index (χ1) is 14.7. The van der Waals surface area contributed by atoms with Crippen LogP contribution in [0.1, 0.15) is 42.5 Å². The summed E-state index contributed by atoms with van der Waals surface area (Å²) in [6.45, 7) is 8.80. The minimum absolute atomic E-state index is 0.224. The molecule has 0 aliphatic carbocycles. The van der Waals surface area contributed by atoms with Crippen molar-refractivity contribution >= 4 is 5.96 Å². The number of likely N-dealkylation sites (tertiary alicyclic amines) is 1. The number of hydrogen-bond acceptors (Lipinski definition) is 4. The lowest BCUT2D eigenvalue weighted by atomic mass is 10.0. The van der Waals surface area contributed by atoms with Crippen molar-refractivity contribution in [1.82, 2.24) is 20.5 Å². The van der Waals surface area contributed by atoms with Crippen molar-refractivity contribution in [2.45, 2.75) is 39.2 Å². The highest BCUT2D eigenvalue weighted by atomic mass is 16.5. The van der Waals surface area contributed by atoms with Gasteiger partial charge in [0.05, 0.1) is 19.7 Å². The summed E-state index contributed by atoms with van der Waals surface area (Å²) < 4.78 is 5.65. The van der Waals surface area contributed by atoms with Gasteiger partial charge < -0.3 is 15.4 Å². The third kappa shape index (κ3) is 5.95. The first-order valence-corrected chi connectivity index (χ1v) is 11.0. The smallest absolute Gasteiger partial charge is 0.191 e. The number of guanidine groups is 1. The van der Waals surface area contributed by atoms with E-state index in [-0.39, 0.29) is 6.04 Å². The van der Waals surface area contributed by atoms with Gasteiger partial charge in [0, 0.05) is 31.0 Å². The molecule has 1 aromatic carbocycles. The largest absolute Gasteiger partial charge is 0.496 e. The maximum atomic E-state index is 5.65. The Bertz CT molecular complexity index is 817. The van der Waals surface area contributed by atoms with Crippen LogP contribution in [0.2, 0.25) is 0 Å². The number of benzene rings is 1. The van der Waals surface area contributed by atoms with E-state index < -0.39 is 0 Å². The van der Waals surface area contributed by atoms with E-state index in [9.17, 15) is 0 Å². The molecule has 2 N–H and O–H groups in total. The van der Waals surface area contributed by atoms with Gasteiger partial charge in [-0.05, 0) is 69.5 Å². The number of aliphatic imine (C=N–C) groups is 1. The molecular weight excluding hydrogens is 374 g/mol. The van der Waals surface area contributed by atoms with Gasteiger partial charge in [-0.1, -0.05) is 18.2 Å². The molecule has 1 unspecified atom stereocenters. The lowest BCUT2D eigenvalue weighted by Gasteiger charge is -2.28. The molecule has 1 atom stereocenters. The molecule has 30 heavy (non-hydrogen) atoms. The molecule has 2 aromatic rings.